The molecule has 2 aromatic rings. The fourth-order valence-electron chi connectivity index (χ4n) is 1.38. The van der Waals surface area contributed by atoms with Crippen molar-refractivity contribution in [1.82, 2.24) is 4.98 Å². The summed E-state index contributed by atoms with van der Waals surface area (Å²) in [6, 6.07) is 8.90. The standard InChI is InChI=1S/C12H9Br2N3O/c13-8-3-1-2-4-10(8)17-12(18)7-5-11(15)16-6-9(7)14/h1-6H,(H2,15,16)(H,17,18). The van der Waals surface area contributed by atoms with E-state index in [1.54, 1.807) is 6.07 Å². The fraction of sp³-hybridized carbons (Fsp3) is 0. The van der Waals surface area contributed by atoms with Crippen molar-refractivity contribution in [3.05, 3.63) is 51.0 Å². The first-order chi connectivity index (χ1) is 8.58. The number of pyridine rings is 1. The molecule has 1 amide bonds. The number of nitrogens with two attached hydrogens (primary N) is 1. The summed E-state index contributed by atoms with van der Waals surface area (Å²) in [6.45, 7) is 0. The monoisotopic (exact) mass is 369 g/mol. The van der Waals surface area contributed by atoms with E-state index in [2.05, 4.69) is 42.2 Å². The molecule has 0 bridgehead atoms. The minimum atomic E-state index is -0.247. The Bertz CT molecular complexity index is 602. The molecule has 2 rings (SSSR count). The minimum absolute atomic E-state index is 0.247. The van der Waals surface area contributed by atoms with Crippen molar-refractivity contribution in [3.63, 3.8) is 0 Å². The average molecular weight is 371 g/mol. The zero-order valence-corrected chi connectivity index (χ0v) is 12.3. The number of hydrogen-bond donors (Lipinski definition) is 2. The van der Waals surface area contributed by atoms with Gasteiger partial charge in [-0.1, -0.05) is 12.1 Å². The highest BCUT2D eigenvalue weighted by atomic mass is 79.9. The molecule has 0 aliphatic rings. The van der Waals surface area contributed by atoms with Crippen LogP contribution in [-0.2, 0) is 0 Å². The van der Waals surface area contributed by atoms with Crippen molar-refractivity contribution >= 4 is 49.3 Å². The van der Waals surface area contributed by atoms with E-state index in [0.29, 0.717) is 21.5 Å². The Balaban J connectivity index is 2.28. The van der Waals surface area contributed by atoms with Crippen LogP contribution in [0, 0.1) is 0 Å². The van der Waals surface area contributed by atoms with Crippen LogP contribution in [0.4, 0.5) is 11.5 Å². The molecule has 0 spiro atoms. The lowest BCUT2D eigenvalue weighted by molar-refractivity contribution is 0.102. The third-order valence-corrected chi connectivity index (χ3v) is 3.57. The predicted octanol–water partition coefficient (Wildman–Crippen LogP) is 3.44. The highest BCUT2D eigenvalue weighted by Gasteiger charge is 2.12. The highest BCUT2D eigenvalue weighted by molar-refractivity contribution is 9.11. The van der Waals surface area contributed by atoms with Crippen molar-refractivity contribution in [1.29, 1.82) is 0 Å². The van der Waals surface area contributed by atoms with Gasteiger partial charge in [0.15, 0.2) is 0 Å². The van der Waals surface area contributed by atoms with Crippen LogP contribution in [-0.4, -0.2) is 10.9 Å². The second kappa shape index (κ2) is 5.49. The Hall–Kier alpha value is -1.40. The molecule has 6 heteroatoms. The first kappa shape index (κ1) is 13.0. The lowest BCUT2D eigenvalue weighted by atomic mass is 10.2. The van der Waals surface area contributed by atoms with Gasteiger partial charge in [0.2, 0.25) is 0 Å². The van der Waals surface area contributed by atoms with Crippen LogP contribution in [0.1, 0.15) is 10.4 Å². The van der Waals surface area contributed by atoms with Gasteiger partial charge in [-0.05, 0) is 50.1 Å². The van der Waals surface area contributed by atoms with Crippen LogP contribution < -0.4 is 11.1 Å². The van der Waals surface area contributed by atoms with Crippen LogP contribution in [0.5, 0.6) is 0 Å². The summed E-state index contributed by atoms with van der Waals surface area (Å²) in [6.07, 6.45) is 1.50. The number of nitrogen functional groups attached to an aromatic ring is 1. The number of benzene rings is 1. The van der Waals surface area contributed by atoms with E-state index < -0.39 is 0 Å². The van der Waals surface area contributed by atoms with Crippen molar-refractivity contribution in [2.24, 2.45) is 0 Å². The second-order valence-electron chi connectivity index (χ2n) is 3.52. The van der Waals surface area contributed by atoms with Crippen LogP contribution in [0.15, 0.2) is 45.5 Å². The number of amides is 1. The number of nitrogens with zero attached hydrogens (tertiary/aromatic N) is 1. The zero-order chi connectivity index (χ0) is 13.1. The van der Waals surface area contributed by atoms with Gasteiger partial charge >= 0.3 is 0 Å². The lowest BCUT2D eigenvalue weighted by Crippen LogP contribution is -2.13. The van der Waals surface area contributed by atoms with E-state index in [0.717, 1.165) is 4.47 Å². The maximum absolute atomic E-state index is 12.1. The van der Waals surface area contributed by atoms with Crippen molar-refractivity contribution < 1.29 is 4.79 Å². The number of aromatic nitrogens is 1. The summed E-state index contributed by atoms with van der Waals surface area (Å²) in [5, 5.41) is 2.80. The second-order valence-corrected chi connectivity index (χ2v) is 5.23. The van der Waals surface area contributed by atoms with Gasteiger partial charge in [0.05, 0.1) is 11.3 Å². The number of carbonyl (C=O) groups excluding carboxylic acids is 1. The summed E-state index contributed by atoms with van der Waals surface area (Å²) in [5.74, 6) is 0.0540. The average Bonchev–Trinajstić information content (AvgIpc) is 2.35. The molecule has 0 fully saturated rings. The van der Waals surface area contributed by atoms with E-state index in [1.165, 1.54) is 12.3 Å². The maximum atomic E-state index is 12.1. The van der Waals surface area contributed by atoms with Crippen molar-refractivity contribution in [2.75, 3.05) is 11.1 Å². The quantitative estimate of drug-likeness (QED) is 0.850. The van der Waals surface area contributed by atoms with Gasteiger partial charge in [-0.2, -0.15) is 0 Å². The first-order valence-electron chi connectivity index (χ1n) is 5.05. The molecule has 0 saturated heterocycles. The minimum Gasteiger partial charge on any atom is -0.384 e. The summed E-state index contributed by atoms with van der Waals surface area (Å²) < 4.78 is 1.41. The molecule has 1 aromatic heterocycles. The van der Waals surface area contributed by atoms with E-state index in [4.69, 9.17) is 5.73 Å². The van der Waals surface area contributed by atoms with E-state index >= 15 is 0 Å². The Kier molecular flexibility index (Phi) is 3.98. The summed E-state index contributed by atoms with van der Waals surface area (Å²) in [4.78, 5) is 16.0. The van der Waals surface area contributed by atoms with Gasteiger partial charge in [0.1, 0.15) is 5.82 Å². The van der Waals surface area contributed by atoms with Crippen molar-refractivity contribution in [2.45, 2.75) is 0 Å². The van der Waals surface area contributed by atoms with Gasteiger partial charge in [-0.3, -0.25) is 4.79 Å². The van der Waals surface area contributed by atoms with E-state index in [9.17, 15) is 4.79 Å². The molecule has 0 saturated carbocycles. The molecule has 1 aromatic carbocycles. The third-order valence-electron chi connectivity index (χ3n) is 2.24. The zero-order valence-electron chi connectivity index (χ0n) is 9.15. The van der Waals surface area contributed by atoms with Gasteiger partial charge in [-0.15, -0.1) is 0 Å². The highest BCUT2D eigenvalue weighted by Crippen LogP contribution is 2.24. The number of rotatable bonds is 2. The molecule has 92 valence electrons. The molecule has 0 atom stereocenters. The fourth-order valence-corrected chi connectivity index (χ4v) is 2.16. The molecule has 18 heavy (non-hydrogen) atoms. The summed E-state index contributed by atoms with van der Waals surface area (Å²) in [5.41, 5.74) is 6.71. The Labute approximate surface area is 121 Å². The van der Waals surface area contributed by atoms with E-state index in [1.807, 2.05) is 18.2 Å². The number of anilines is 2. The smallest absolute Gasteiger partial charge is 0.257 e. The normalized spacial score (nSPS) is 10.1. The van der Waals surface area contributed by atoms with Crippen molar-refractivity contribution in [3.8, 4) is 0 Å². The Morgan fingerprint density at radius 1 is 1.22 bits per heavy atom. The van der Waals surface area contributed by atoms with Crippen LogP contribution in [0.25, 0.3) is 0 Å². The molecular weight excluding hydrogens is 362 g/mol. The topological polar surface area (TPSA) is 68.0 Å². The number of carbonyl (C=O) groups is 1. The Morgan fingerprint density at radius 3 is 2.67 bits per heavy atom. The maximum Gasteiger partial charge on any atom is 0.257 e. The number of halogens is 2. The molecule has 0 unspecified atom stereocenters. The molecule has 0 radical (unpaired) electrons. The third kappa shape index (κ3) is 2.88. The number of nitrogens with one attached hydrogen (secondary N) is 1. The lowest BCUT2D eigenvalue weighted by Gasteiger charge is -2.08. The number of para-hydroxylation sites is 1. The molecule has 1 heterocycles. The molecule has 4 nitrogen and oxygen atoms in total. The number of hydrogen-bond acceptors (Lipinski definition) is 3. The Morgan fingerprint density at radius 2 is 1.94 bits per heavy atom. The van der Waals surface area contributed by atoms with Gasteiger partial charge in [0, 0.05) is 15.1 Å². The summed E-state index contributed by atoms with van der Waals surface area (Å²) in [7, 11) is 0. The SMILES string of the molecule is Nc1cc(C(=O)Nc2ccccc2Br)c(Br)cn1. The first-order valence-corrected chi connectivity index (χ1v) is 6.63. The van der Waals surface area contributed by atoms with Crippen LogP contribution in [0.3, 0.4) is 0 Å². The molecule has 3 N–H and O–H groups in total. The van der Waals surface area contributed by atoms with Gasteiger partial charge in [-0.25, -0.2) is 4.98 Å². The summed E-state index contributed by atoms with van der Waals surface area (Å²) >= 11 is 6.64. The largest absolute Gasteiger partial charge is 0.384 e. The molecule has 0 aliphatic heterocycles. The van der Waals surface area contributed by atoms with Gasteiger partial charge in [0.25, 0.3) is 5.91 Å². The molecule has 0 aliphatic carbocycles. The van der Waals surface area contributed by atoms with Gasteiger partial charge < -0.3 is 11.1 Å². The van der Waals surface area contributed by atoms with Crippen LogP contribution in [0.2, 0.25) is 0 Å². The molecular formula is C12H9Br2N3O. The van der Waals surface area contributed by atoms with E-state index in [-0.39, 0.29) is 5.91 Å². The van der Waals surface area contributed by atoms with Crippen LogP contribution >= 0.6 is 31.9 Å². The predicted molar refractivity (Wildman–Crippen MR) is 78.4 cm³/mol.